The molecule has 144 valence electrons. The molecule has 0 N–H and O–H groups in total. The van der Waals surface area contributed by atoms with Crippen LogP contribution in [0, 0.1) is 6.92 Å². The number of sulfonamides is 1. The molecule has 0 amide bonds. The Hall–Kier alpha value is -2.63. The van der Waals surface area contributed by atoms with Gasteiger partial charge in [0.15, 0.2) is 0 Å². The van der Waals surface area contributed by atoms with Gasteiger partial charge >= 0.3 is 0 Å². The van der Waals surface area contributed by atoms with Crippen LogP contribution < -0.4 is 4.90 Å². The molecule has 0 atom stereocenters. The highest BCUT2D eigenvalue weighted by Gasteiger charge is 2.28. The fourth-order valence-corrected chi connectivity index (χ4v) is 4.96. The van der Waals surface area contributed by atoms with Crippen LogP contribution in [-0.4, -0.2) is 38.9 Å². The average Bonchev–Trinajstić information content (AvgIpc) is 2.75. The summed E-state index contributed by atoms with van der Waals surface area (Å²) in [6.45, 7) is 4.46. The summed E-state index contributed by atoms with van der Waals surface area (Å²) < 4.78 is 27.7. The molecule has 4 nitrogen and oxygen atoms in total. The van der Waals surface area contributed by atoms with Crippen LogP contribution in [-0.2, 0) is 10.0 Å². The summed E-state index contributed by atoms with van der Waals surface area (Å²) in [6, 6.07) is 25.5. The van der Waals surface area contributed by atoms with E-state index in [2.05, 4.69) is 36.1 Å². The first-order valence-electron chi connectivity index (χ1n) is 9.51. The van der Waals surface area contributed by atoms with E-state index in [1.165, 1.54) is 5.56 Å². The van der Waals surface area contributed by atoms with Crippen molar-refractivity contribution >= 4 is 15.7 Å². The van der Waals surface area contributed by atoms with Gasteiger partial charge in [-0.15, -0.1) is 0 Å². The van der Waals surface area contributed by atoms with Gasteiger partial charge in [0.25, 0.3) is 0 Å². The second kappa shape index (κ2) is 7.78. The number of nitrogens with zero attached hydrogens (tertiary/aromatic N) is 2. The molecule has 4 rings (SSSR count). The molecular weight excluding hydrogens is 368 g/mol. The van der Waals surface area contributed by atoms with Crippen molar-refractivity contribution in [1.29, 1.82) is 0 Å². The molecule has 1 aliphatic heterocycles. The first kappa shape index (κ1) is 18.7. The summed E-state index contributed by atoms with van der Waals surface area (Å²) in [5.41, 5.74) is 4.47. The smallest absolute Gasteiger partial charge is 0.243 e. The van der Waals surface area contributed by atoms with Crippen LogP contribution in [0.2, 0.25) is 0 Å². The summed E-state index contributed by atoms with van der Waals surface area (Å²) in [5.74, 6) is 0. The second-order valence-electron chi connectivity index (χ2n) is 7.12. The predicted octanol–water partition coefficient (Wildman–Crippen LogP) is 4.17. The minimum absolute atomic E-state index is 0.357. The lowest BCUT2D eigenvalue weighted by atomic mass is 10.1. The van der Waals surface area contributed by atoms with Crippen LogP contribution in [0.15, 0.2) is 83.8 Å². The summed E-state index contributed by atoms with van der Waals surface area (Å²) in [4.78, 5) is 2.60. The topological polar surface area (TPSA) is 40.6 Å². The lowest BCUT2D eigenvalue weighted by Gasteiger charge is -2.35. The van der Waals surface area contributed by atoms with Crippen LogP contribution in [0.1, 0.15) is 5.56 Å². The lowest BCUT2D eigenvalue weighted by molar-refractivity contribution is 0.385. The lowest BCUT2D eigenvalue weighted by Crippen LogP contribution is -2.48. The monoisotopic (exact) mass is 392 g/mol. The molecule has 1 heterocycles. The Labute approximate surface area is 167 Å². The maximum atomic E-state index is 13.0. The third-order valence-electron chi connectivity index (χ3n) is 5.24. The maximum absolute atomic E-state index is 13.0. The van der Waals surface area contributed by atoms with Crippen molar-refractivity contribution in [2.24, 2.45) is 0 Å². The molecule has 0 unspecified atom stereocenters. The summed E-state index contributed by atoms with van der Waals surface area (Å²) >= 11 is 0. The number of hydrogen-bond donors (Lipinski definition) is 0. The van der Waals surface area contributed by atoms with Crippen LogP contribution in [0.4, 0.5) is 5.69 Å². The van der Waals surface area contributed by atoms with E-state index in [1.54, 1.807) is 16.4 Å². The minimum atomic E-state index is -3.47. The quantitative estimate of drug-likeness (QED) is 0.669. The van der Waals surface area contributed by atoms with E-state index in [0.717, 1.165) is 16.8 Å². The second-order valence-corrected chi connectivity index (χ2v) is 9.06. The summed E-state index contributed by atoms with van der Waals surface area (Å²) in [7, 11) is -3.47. The molecule has 0 bridgehead atoms. The van der Waals surface area contributed by atoms with E-state index in [4.69, 9.17) is 0 Å². The molecule has 1 aliphatic rings. The fraction of sp³-hybridized carbons (Fsp3) is 0.217. The molecule has 28 heavy (non-hydrogen) atoms. The zero-order valence-electron chi connectivity index (χ0n) is 16.0. The molecule has 5 heteroatoms. The first-order valence-corrected chi connectivity index (χ1v) is 11.0. The highest BCUT2D eigenvalue weighted by molar-refractivity contribution is 7.89. The largest absolute Gasteiger partial charge is 0.369 e. The van der Waals surface area contributed by atoms with Crippen molar-refractivity contribution < 1.29 is 8.42 Å². The Morgan fingerprint density at radius 2 is 1.25 bits per heavy atom. The number of anilines is 1. The Kier molecular flexibility index (Phi) is 5.20. The van der Waals surface area contributed by atoms with E-state index in [9.17, 15) is 8.42 Å². The van der Waals surface area contributed by atoms with Gasteiger partial charge in [-0.25, -0.2) is 8.42 Å². The highest BCUT2D eigenvalue weighted by atomic mass is 32.2. The molecule has 1 fully saturated rings. The van der Waals surface area contributed by atoms with Crippen molar-refractivity contribution in [2.45, 2.75) is 11.8 Å². The van der Waals surface area contributed by atoms with E-state index in [1.807, 2.05) is 42.5 Å². The molecule has 0 aromatic heterocycles. The molecule has 1 saturated heterocycles. The minimum Gasteiger partial charge on any atom is -0.369 e. The molecule has 0 spiro atoms. The van der Waals surface area contributed by atoms with Gasteiger partial charge in [0, 0.05) is 31.9 Å². The molecule has 0 radical (unpaired) electrons. The summed E-state index contributed by atoms with van der Waals surface area (Å²) in [6.07, 6.45) is 0. The predicted molar refractivity (Wildman–Crippen MR) is 114 cm³/mol. The third kappa shape index (κ3) is 3.81. The van der Waals surface area contributed by atoms with Crippen molar-refractivity contribution in [2.75, 3.05) is 31.1 Å². The van der Waals surface area contributed by atoms with Crippen LogP contribution in [0.25, 0.3) is 11.1 Å². The normalized spacial score (nSPS) is 15.5. The number of piperazine rings is 1. The SMILES string of the molecule is Cc1ccc(N2CCN(S(=O)(=O)c3ccc(-c4ccccc4)cc3)CC2)cc1. The van der Waals surface area contributed by atoms with E-state index >= 15 is 0 Å². The van der Waals surface area contributed by atoms with Crippen LogP contribution in [0.5, 0.6) is 0 Å². The third-order valence-corrected chi connectivity index (χ3v) is 7.15. The Morgan fingerprint density at radius 3 is 1.86 bits per heavy atom. The van der Waals surface area contributed by atoms with Gasteiger partial charge in [0.05, 0.1) is 4.90 Å². The van der Waals surface area contributed by atoms with Gasteiger partial charge < -0.3 is 4.90 Å². The zero-order valence-corrected chi connectivity index (χ0v) is 16.8. The maximum Gasteiger partial charge on any atom is 0.243 e. The van der Waals surface area contributed by atoms with Crippen molar-refractivity contribution in [1.82, 2.24) is 4.31 Å². The van der Waals surface area contributed by atoms with Gasteiger partial charge in [0.2, 0.25) is 10.0 Å². The summed E-state index contributed by atoms with van der Waals surface area (Å²) in [5, 5.41) is 0. The molecule has 3 aromatic rings. The fourth-order valence-electron chi connectivity index (χ4n) is 3.54. The Bertz CT molecular complexity index is 1020. The highest BCUT2D eigenvalue weighted by Crippen LogP contribution is 2.24. The van der Waals surface area contributed by atoms with Gasteiger partial charge in [-0.1, -0.05) is 60.2 Å². The Morgan fingerprint density at radius 1 is 0.679 bits per heavy atom. The van der Waals surface area contributed by atoms with Crippen molar-refractivity contribution in [3.05, 3.63) is 84.4 Å². The first-order chi connectivity index (χ1) is 13.5. The number of hydrogen-bond acceptors (Lipinski definition) is 3. The molecular formula is C23H24N2O2S. The van der Waals surface area contributed by atoms with E-state index in [0.29, 0.717) is 31.1 Å². The van der Waals surface area contributed by atoms with Crippen LogP contribution in [0.3, 0.4) is 0 Å². The Balaban J connectivity index is 1.46. The average molecular weight is 393 g/mol. The number of aryl methyl sites for hydroxylation is 1. The van der Waals surface area contributed by atoms with Gasteiger partial charge in [-0.2, -0.15) is 4.31 Å². The van der Waals surface area contributed by atoms with Crippen LogP contribution >= 0.6 is 0 Å². The van der Waals surface area contributed by atoms with Gasteiger partial charge in [-0.05, 0) is 42.3 Å². The van der Waals surface area contributed by atoms with E-state index in [-0.39, 0.29) is 0 Å². The zero-order chi connectivity index (χ0) is 19.6. The van der Waals surface area contributed by atoms with Gasteiger partial charge in [0.1, 0.15) is 0 Å². The molecule has 0 aliphatic carbocycles. The number of rotatable bonds is 4. The van der Waals surface area contributed by atoms with Gasteiger partial charge in [-0.3, -0.25) is 0 Å². The molecule has 0 saturated carbocycles. The number of benzene rings is 3. The van der Waals surface area contributed by atoms with Crippen molar-refractivity contribution in [3.63, 3.8) is 0 Å². The van der Waals surface area contributed by atoms with Crippen molar-refractivity contribution in [3.8, 4) is 11.1 Å². The van der Waals surface area contributed by atoms with E-state index < -0.39 is 10.0 Å². The standard InChI is InChI=1S/C23H24N2O2S/c1-19-7-11-22(12-8-19)24-15-17-25(18-16-24)28(26,27)23-13-9-21(10-14-23)20-5-3-2-4-6-20/h2-14H,15-18H2,1H3. The molecule has 3 aromatic carbocycles.